The first-order valence-electron chi connectivity index (χ1n) is 14.4. The molecule has 1 aliphatic rings. The van der Waals surface area contributed by atoms with E-state index >= 15 is 0 Å². The van der Waals surface area contributed by atoms with Gasteiger partial charge in [-0.2, -0.15) is 16.8 Å². The van der Waals surface area contributed by atoms with E-state index in [4.69, 9.17) is 16.5 Å². The third-order valence-electron chi connectivity index (χ3n) is 7.71. The first kappa shape index (κ1) is 33.4. The molecule has 12 heteroatoms. The largest absolute Gasteiger partial charge is 0.399 e. The van der Waals surface area contributed by atoms with Gasteiger partial charge >= 0.3 is 0 Å². The maximum absolute atomic E-state index is 12.6. The van der Waals surface area contributed by atoms with Crippen molar-refractivity contribution in [1.82, 2.24) is 0 Å². The van der Waals surface area contributed by atoms with Crippen molar-refractivity contribution < 1.29 is 25.9 Å². The van der Waals surface area contributed by atoms with Crippen molar-refractivity contribution in [3.8, 4) is 0 Å². The topological polar surface area (TPSA) is 185 Å². The lowest BCUT2D eigenvalue weighted by Gasteiger charge is -2.18. The predicted octanol–water partition coefficient (Wildman–Crippen LogP) is 7.02. The number of benzene rings is 4. The third kappa shape index (κ3) is 7.36. The summed E-state index contributed by atoms with van der Waals surface area (Å²) in [7, 11) is -9.72. The van der Waals surface area contributed by atoms with Gasteiger partial charge in [0.05, 0.1) is 16.3 Å². The van der Waals surface area contributed by atoms with Crippen molar-refractivity contribution in [2.45, 2.75) is 37.5 Å². The number of allylic oxidation sites excluding steroid dienone is 5. The van der Waals surface area contributed by atoms with Gasteiger partial charge in [-0.25, -0.2) is 4.99 Å². The second-order valence-electron chi connectivity index (χ2n) is 11.4. The Balaban J connectivity index is 1.65. The van der Waals surface area contributed by atoms with Crippen molar-refractivity contribution in [3.05, 3.63) is 130 Å². The SMILES string of the molecule is Cc1cc(N)cc(C)c1N=C1C=CC(=C(c2ccc(Nc3c(C)cc(N)cc3C)cc2)c2ccc(S(=O)(=O)O)cc2S(=O)(=O)O)C=C1. The van der Waals surface area contributed by atoms with Gasteiger partial charge in [0.15, 0.2) is 0 Å². The minimum atomic E-state index is -4.95. The van der Waals surface area contributed by atoms with E-state index < -0.39 is 30.0 Å². The second-order valence-corrected chi connectivity index (χ2v) is 14.2. The van der Waals surface area contributed by atoms with E-state index in [1.54, 1.807) is 36.4 Å². The molecule has 10 nitrogen and oxygen atoms in total. The highest BCUT2D eigenvalue weighted by Crippen LogP contribution is 2.36. The molecule has 0 spiro atoms. The maximum Gasteiger partial charge on any atom is 0.295 e. The fourth-order valence-corrected chi connectivity index (χ4v) is 6.92. The fourth-order valence-electron chi connectivity index (χ4n) is 5.62. The molecule has 1 aliphatic carbocycles. The van der Waals surface area contributed by atoms with Gasteiger partial charge in [-0.3, -0.25) is 9.11 Å². The van der Waals surface area contributed by atoms with Gasteiger partial charge in [-0.05, 0) is 127 Å². The highest BCUT2D eigenvalue weighted by atomic mass is 32.2. The van der Waals surface area contributed by atoms with E-state index in [0.717, 1.165) is 51.4 Å². The molecule has 4 aromatic carbocycles. The van der Waals surface area contributed by atoms with Crippen molar-refractivity contribution in [2.75, 3.05) is 16.8 Å². The molecule has 4 aromatic rings. The molecule has 0 atom stereocenters. The summed E-state index contributed by atoms with van der Waals surface area (Å²) >= 11 is 0. The van der Waals surface area contributed by atoms with Gasteiger partial charge in [-0.15, -0.1) is 0 Å². The fraction of sp³-hybridized carbons (Fsp3) is 0.114. The van der Waals surface area contributed by atoms with Gasteiger partial charge in [-0.1, -0.05) is 30.4 Å². The predicted molar refractivity (Wildman–Crippen MR) is 188 cm³/mol. The number of nitrogens with two attached hydrogens (primary N) is 2. The van der Waals surface area contributed by atoms with Crippen LogP contribution in [-0.2, 0) is 20.2 Å². The zero-order valence-electron chi connectivity index (χ0n) is 26.1. The molecule has 47 heavy (non-hydrogen) atoms. The molecule has 0 bridgehead atoms. The van der Waals surface area contributed by atoms with Gasteiger partial charge in [0.1, 0.15) is 4.90 Å². The summed E-state index contributed by atoms with van der Waals surface area (Å²) in [6.07, 6.45) is 7.06. The summed E-state index contributed by atoms with van der Waals surface area (Å²) < 4.78 is 68.8. The Morgan fingerprint density at radius 1 is 0.681 bits per heavy atom. The van der Waals surface area contributed by atoms with Gasteiger partial charge in [0.2, 0.25) is 0 Å². The van der Waals surface area contributed by atoms with E-state index in [-0.39, 0.29) is 5.56 Å². The van der Waals surface area contributed by atoms with Crippen LogP contribution in [0.1, 0.15) is 33.4 Å². The maximum atomic E-state index is 12.6. The van der Waals surface area contributed by atoms with Crippen molar-refractivity contribution >= 4 is 60.0 Å². The number of rotatable bonds is 7. The van der Waals surface area contributed by atoms with Crippen molar-refractivity contribution in [2.24, 2.45) is 4.99 Å². The minimum absolute atomic E-state index is 0.0285. The molecule has 7 N–H and O–H groups in total. The summed E-state index contributed by atoms with van der Waals surface area (Å²) in [6, 6.07) is 17.7. The normalized spacial score (nSPS) is 13.1. The summed E-state index contributed by atoms with van der Waals surface area (Å²) in [4.78, 5) is 3.43. The standard InChI is InChI=1S/C35H34N4O6S2/c1-20-15-26(36)16-21(2)34(20)38-28-9-5-24(6-10-28)33(31-14-13-30(46(40,41)42)19-32(31)47(43,44)45)25-7-11-29(12-8-25)39-35-22(3)17-27(37)18-23(35)4/h5-19,38H,36-37H2,1-4H3,(H,40,41,42)(H,43,44,45). The highest BCUT2D eigenvalue weighted by Gasteiger charge is 2.24. The number of hydrogen-bond donors (Lipinski definition) is 5. The van der Waals surface area contributed by atoms with Crippen LogP contribution in [0.25, 0.3) is 5.57 Å². The molecule has 0 heterocycles. The number of nitrogens with zero attached hydrogens (tertiary/aromatic N) is 1. The molecule has 0 fully saturated rings. The van der Waals surface area contributed by atoms with Crippen LogP contribution < -0.4 is 16.8 Å². The van der Waals surface area contributed by atoms with Gasteiger partial charge < -0.3 is 16.8 Å². The average molecular weight is 671 g/mol. The van der Waals surface area contributed by atoms with Crippen LogP contribution >= 0.6 is 0 Å². The molecule has 0 amide bonds. The minimum Gasteiger partial charge on any atom is -0.399 e. The van der Waals surface area contributed by atoms with E-state index in [2.05, 4.69) is 5.32 Å². The van der Waals surface area contributed by atoms with Gasteiger partial charge in [0, 0.05) is 28.3 Å². The van der Waals surface area contributed by atoms with E-state index in [9.17, 15) is 25.9 Å². The monoisotopic (exact) mass is 670 g/mol. The van der Waals surface area contributed by atoms with Crippen molar-refractivity contribution in [1.29, 1.82) is 0 Å². The van der Waals surface area contributed by atoms with E-state index in [0.29, 0.717) is 33.8 Å². The molecule has 242 valence electrons. The molecule has 0 saturated heterocycles. The highest BCUT2D eigenvalue weighted by molar-refractivity contribution is 7.86. The van der Waals surface area contributed by atoms with Crippen LogP contribution in [-0.4, -0.2) is 31.7 Å². The van der Waals surface area contributed by atoms with Crippen LogP contribution in [0.15, 0.2) is 111 Å². The van der Waals surface area contributed by atoms with Gasteiger partial charge in [0.25, 0.3) is 20.2 Å². The van der Waals surface area contributed by atoms with Crippen LogP contribution in [0, 0.1) is 27.7 Å². The molecule has 0 unspecified atom stereocenters. The summed E-state index contributed by atoms with van der Waals surface area (Å²) in [5.74, 6) is 0. The van der Waals surface area contributed by atoms with E-state index in [1.165, 1.54) is 6.07 Å². The zero-order chi connectivity index (χ0) is 34.3. The number of anilines is 4. The molecule has 5 rings (SSSR count). The Kier molecular flexibility index (Phi) is 8.98. The Morgan fingerprint density at radius 3 is 1.72 bits per heavy atom. The zero-order valence-corrected chi connectivity index (χ0v) is 27.7. The first-order valence-corrected chi connectivity index (χ1v) is 17.3. The molecule has 0 aromatic heterocycles. The lowest BCUT2D eigenvalue weighted by molar-refractivity contribution is 0.481. The van der Waals surface area contributed by atoms with Crippen molar-refractivity contribution in [3.63, 3.8) is 0 Å². The second kappa shape index (κ2) is 12.6. The smallest absolute Gasteiger partial charge is 0.295 e. The summed E-state index contributed by atoms with van der Waals surface area (Å²) in [5, 5.41) is 3.40. The van der Waals surface area contributed by atoms with E-state index in [1.807, 2.05) is 64.1 Å². The Labute approximate surface area is 274 Å². The number of aryl methyl sites for hydroxylation is 4. The molecular weight excluding hydrogens is 637 g/mol. The van der Waals surface area contributed by atoms with Crippen LogP contribution in [0.3, 0.4) is 0 Å². The summed E-state index contributed by atoms with van der Waals surface area (Å²) in [5.41, 5.74) is 21.6. The molecule has 0 saturated carbocycles. The Bertz CT molecular complexity index is 2210. The summed E-state index contributed by atoms with van der Waals surface area (Å²) in [6.45, 7) is 7.74. The quantitative estimate of drug-likeness (QED) is 0.102. The number of hydrogen-bond acceptors (Lipinski definition) is 8. The Morgan fingerprint density at radius 2 is 1.21 bits per heavy atom. The number of nitrogens with one attached hydrogen (secondary N) is 1. The number of nitrogen functional groups attached to an aromatic ring is 2. The van der Waals surface area contributed by atoms with Crippen LogP contribution in [0.5, 0.6) is 0 Å². The lowest BCUT2D eigenvalue weighted by atomic mass is 9.90. The average Bonchev–Trinajstić information content (AvgIpc) is 2.97. The third-order valence-corrected chi connectivity index (χ3v) is 9.45. The van der Waals surface area contributed by atoms with Crippen LogP contribution in [0.4, 0.5) is 28.4 Å². The molecule has 0 radical (unpaired) electrons. The Hall–Kier alpha value is -5.01. The molecule has 0 aliphatic heterocycles. The molecular formula is C35H34N4O6S2. The van der Waals surface area contributed by atoms with Crippen LogP contribution in [0.2, 0.25) is 0 Å². The lowest BCUT2D eigenvalue weighted by Crippen LogP contribution is -2.08. The first-order chi connectivity index (χ1) is 22.0. The number of aliphatic imine (C=N–C) groups is 1.